The zero-order valence-electron chi connectivity index (χ0n) is 7.31. The molecule has 0 saturated heterocycles. The van der Waals surface area contributed by atoms with E-state index in [0.717, 1.165) is 11.1 Å². The van der Waals surface area contributed by atoms with Crippen molar-refractivity contribution >= 4 is 0 Å². The quantitative estimate of drug-likeness (QED) is 0.672. The molecule has 0 aliphatic heterocycles. The van der Waals surface area contributed by atoms with E-state index in [0.29, 0.717) is 0 Å². The molecule has 2 rings (SSSR count). The van der Waals surface area contributed by atoms with Gasteiger partial charge in [-0.25, -0.2) is 9.97 Å². The maximum Gasteiger partial charge on any atom is 0.232 e. The Bertz CT molecular complexity index is 454. The molecular formula is C11H6N3. The molecule has 3 nitrogen and oxygen atoms in total. The van der Waals surface area contributed by atoms with Gasteiger partial charge in [0, 0.05) is 18.0 Å². The molecule has 0 saturated carbocycles. The molecule has 2 aromatic rings. The Hall–Kier alpha value is -2.21. The number of benzene rings is 1. The minimum atomic E-state index is 0.191. The van der Waals surface area contributed by atoms with Crippen LogP contribution in [0, 0.1) is 17.4 Å². The highest BCUT2D eigenvalue weighted by atomic mass is 14.9. The fourth-order valence-electron chi connectivity index (χ4n) is 1.11. The standard InChI is InChI=1S/C11H6N3/c12-6-11-13-7-10(8-14-11)9-4-2-1-3-5-9/h2-5,7-8H. The molecule has 3 heteroatoms. The van der Waals surface area contributed by atoms with Gasteiger partial charge in [-0.15, -0.1) is 0 Å². The lowest BCUT2D eigenvalue weighted by atomic mass is 10.1. The molecule has 1 heterocycles. The number of nitriles is 1. The molecule has 0 amide bonds. The lowest BCUT2D eigenvalue weighted by Gasteiger charge is -1.98. The van der Waals surface area contributed by atoms with Crippen LogP contribution in [0.5, 0.6) is 0 Å². The minimum absolute atomic E-state index is 0.191. The van der Waals surface area contributed by atoms with Crippen LogP contribution in [0.3, 0.4) is 0 Å². The summed E-state index contributed by atoms with van der Waals surface area (Å²) in [5, 5.41) is 8.52. The van der Waals surface area contributed by atoms with E-state index in [4.69, 9.17) is 5.26 Å². The lowest BCUT2D eigenvalue weighted by Crippen LogP contribution is -1.88. The predicted octanol–water partition coefficient (Wildman–Crippen LogP) is 1.82. The second kappa shape index (κ2) is 3.67. The summed E-state index contributed by atoms with van der Waals surface area (Å²) in [6, 6.07) is 12.3. The molecule has 0 N–H and O–H groups in total. The van der Waals surface area contributed by atoms with Crippen LogP contribution < -0.4 is 0 Å². The summed E-state index contributed by atoms with van der Waals surface area (Å²) >= 11 is 0. The van der Waals surface area contributed by atoms with Crippen LogP contribution in [0.2, 0.25) is 0 Å². The van der Waals surface area contributed by atoms with Gasteiger partial charge in [-0.1, -0.05) is 24.3 Å². The maximum atomic E-state index is 8.52. The topological polar surface area (TPSA) is 49.6 Å². The zero-order chi connectivity index (χ0) is 9.80. The third kappa shape index (κ3) is 1.59. The van der Waals surface area contributed by atoms with Gasteiger partial charge < -0.3 is 0 Å². The van der Waals surface area contributed by atoms with E-state index >= 15 is 0 Å². The van der Waals surface area contributed by atoms with Crippen molar-refractivity contribution < 1.29 is 0 Å². The molecule has 65 valence electrons. The second-order valence-corrected chi connectivity index (χ2v) is 2.70. The normalized spacial score (nSPS) is 9.36. The minimum Gasteiger partial charge on any atom is -0.227 e. The number of rotatable bonds is 1. The smallest absolute Gasteiger partial charge is 0.227 e. The van der Waals surface area contributed by atoms with Gasteiger partial charge in [-0.2, -0.15) is 5.26 Å². The van der Waals surface area contributed by atoms with Crippen molar-refractivity contribution in [1.29, 1.82) is 5.26 Å². The molecule has 0 aliphatic rings. The molecule has 0 atom stereocenters. The molecule has 14 heavy (non-hydrogen) atoms. The Morgan fingerprint density at radius 3 is 2.29 bits per heavy atom. The van der Waals surface area contributed by atoms with Gasteiger partial charge in [0.15, 0.2) is 0 Å². The van der Waals surface area contributed by atoms with E-state index in [1.807, 2.05) is 30.3 Å². The Morgan fingerprint density at radius 1 is 1.07 bits per heavy atom. The van der Waals surface area contributed by atoms with Gasteiger partial charge >= 0.3 is 0 Å². The van der Waals surface area contributed by atoms with Gasteiger partial charge in [0.25, 0.3) is 0 Å². The van der Waals surface area contributed by atoms with Crippen LogP contribution in [0.4, 0.5) is 0 Å². The van der Waals surface area contributed by atoms with Crippen molar-refractivity contribution in [3.05, 3.63) is 48.5 Å². The van der Waals surface area contributed by atoms with E-state index in [1.54, 1.807) is 12.4 Å². The van der Waals surface area contributed by atoms with E-state index in [1.165, 1.54) is 0 Å². The first kappa shape index (κ1) is 8.39. The van der Waals surface area contributed by atoms with Gasteiger partial charge in [-0.3, -0.25) is 0 Å². The maximum absolute atomic E-state index is 8.52. The molecule has 0 fully saturated rings. The average molecular weight is 180 g/mol. The van der Waals surface area contributed by atoms with Gasteiger partial charge in [-0.05, 0) is 11.6 Å². The molecule has 1 radical (unpaired) electrons. The lowest BCUT2D eigenvalue weighted by molar-refractivity contribution is 1.12. The number of aromatic nitrogens is 2. The van der Waals surface area contributed by atoms with Gasteiger partial charge in [0.05, 0.1) is 0 Å². The first-order valence-electron chi connectivity index (χ1n) is 4.09. The zero-order valence-corrected chi connectivity index (χ0v) is 7.31. The van der Waals surface area contributed by atoms with E-state index in [2.05, 4.69) is 16.0 Å². The summed E-state index contributed by atoms with van der Waals surface area (Å²) in [7, 11) is 0. The summed E-state index contributed by atoms with van der Waals surface area (Å²) in [6.07, 6.45) is 3.28. The summed E-state index contributed by atoms with van der Waals surface area (Å²) in [4.78, 5) is 7.78. The van der Waals surface area contributed by atoms with Crippen molar-refractivity contribution in [2.24, 2.45) is 0 Å². The molecule has 0 unspecified atom stereocenters. The summed E-state index contributed by atoms with van der Waals surface area (Å²) in [6.45, 7) is 0. The van der Waals surface area contributed by atoms with E-state index in [-0.39, 0.29) is 5.82 Å². The fraction of sp³-hybridized carbons (Fsp3) is 0. The first-order valence-corrected chi connectivity index (χ1v) is 4.09. The average Bonchev–Trinajstić information content (AvgIpc) is 2.30. The molecule has 0 aliphatic carbocycles. The van der Waals surface area contributed by atoms with Crippen molar-refractivity contribution in [2.75, 3.05) is 0 Å². The highest BCUT2D eigenvalue weighted by Gasteiger charge is 1.98. The Morgan fingerprint density at radius 2 is 1.71 bits per heavy atom. The molecule has 1 aromatic carbocycles. The SMILES string of the molecule is N#Cc1ncc(-c2cc[c]cc2)cn1. The largest absolute Gasteiger partial charge is 0.232 e. The number of nitrogens with zero attached hydrogens (tertiary/aromatic N) is 3. The Balaban J connectivity index is 2.40. The third-order valence-corrected chi connectivity index (χ3v) is 1.80. The highest BCUT2D eigenvalue weighted by Crippen LogP contribution is 2.15. The molecule has 1 aromatic heterocycles. The third-order valence-electron chi connectivity index (χ3n) is 1.80. The molecule has 0 spiro atoms. The van der Waals surface area contributed by atoms with Crippen molar-refractivity contribution in [3.63, 3.8) is 0 Å². The van der Waals surface area contributed by atoms with Crippen LogP contribution >= 0.6 is 0 Å². The monoisotopic (exact) mass is 180 g/mol. The Kier molecular flexibility index (Phi) is 2.20. The van der Waals surface area contributed by atoms with Crippen LogP contribution in [0.25, 0.3) is 11.1 Å². The summed E-state index contributed by atoms with van der Waals surface area (Å²) in [5.41, 5.74) is 1.92. The molecular weight excluding hydrogens is 174 g/mol. The summed E-state index contributed by atoms with van der Waals surface area (Å²) in [5.74, 6) is 0.191. The van der Waals surface area contributed by atoms with E-state index in [9.17, 15) is 0 Å². The van der Waals surface area contributed by atoms with Gasteiger partial charge in [0.2, 0.25) is 5.82 Å². The van der Waals surface area contributed by atoms with Crippen LogP contribution in [-0.2, 0) is 0 Å². The van der Waals surface area contributed by atoms with E-state index < -0.39 is 0 Å². The van der Waals surface area contributed by atoms with Gasteiger partial charge in [0.1, 0.15) is 6.07 Å². The fourth-order valence-corrected chi connectivity index (χ4v) is 1.11. The van der Waals surface area contributed by atoms with Crippen molar-refractivity contribution in [1.82, 2.24) is 9.97 Å². The van der Waals surface area contributed by atoms with Crippen LogP contribution in [-0.4, -0.2) is 9.97 Å². The van der Waals surface area contributed by atoms with Crippen LogP contribution in [0.1, 0.15) is 5.82 Å². The predicted molar refractivity (Wildman–Crippen MR) is 51.0 cm³/mol. The number of hydrogen-bond donors (Lipinski definition) is 0. The number of hydrogen-bond acceptors (Lipinski definition) is 3. The summed E-state index contributed by atoms with van der Waals surface area (Å²) < 4.78 is 0. The van der Waals surface area contributed by atoms with Crippen molar-refractivity contribution in [3.8, 4) is 17.2 Å². The van der Waals surface area contributed by atoms with Crippen molar-refractivity contribution in [2.45, 2.75) is 0 Å². The Labute approximate surface area is 81.7 Å². The van der Waals surface area contributed by atoms with Crippen LogP contribution in [0.15, 0.2) is 36.7 Å². The molecule has 0 bridgehead atoms. The first-order chi connectivity index (χ1) is 6.90. The second-order valence-electron chi connectivity index (χ2n) is 2.70. The highest BCUT2D eigenvalue weighted by molar-refractivity contribution is 5.60.